The average molecular weight is 373 g/mol. The molecule has 1 atom stereocenters. The molecule has 1 saturated heterocycles. The van der Waals surface area contributed by atoms with Crippen LogP contribution in [0, 0.1) is 12.7 Å². The fraction of sp³-hybridized carbons (Fsp3) is 0.381. The number of nitrogens with one attached hydrogen (secondary N) is 1. The molecular weight excluding hydrogens is 349 g/mol. The van der Waals surface area contributed by atoms with Gasteiger partial charge in [-0.25, -0.2) is 4.39 Å². The topological polar surface area (TPSA) is 56.8 Å². The van der Waals surface area contributed by atoms with Gasteiger partial charge in [-0.05, 0) is 55.2 Å². The Hall–Kier alpha value is -2.60. The summed E-state index contributed by atoms with van der Waals surface area (Å²) >= 11 is 0. The molecule has 0 aromatic heterocycles. The molecule has 6 heteroatoms. The van der Waals surface area contributed by atoms with Crippen LogP contribution in [-0.2, 0) is 11.3 Å². The van der Waals surface area contributed by atoms with Gasteiger partial charge in [0, 0.05) is 18.7 Å². The van der Waals surface area contributed by atoms with Crippen molar-refractivity contribution in [2.75, 3.05) is 20.3 Å². The lowest BCUT2D eigenvalue weighted by Gasteiger charge is -2.15. The van der Waals surface area contributed by atoms with Gasteiger partial charge in [0.05, 0.1) is 13.2 Å². The number of carbonyl (C=O) groups excluding carboxylic acids is 1. The highest BCUT2D eigenvalue weighted by atomic mass is 19.1. The van der Waals surface area contributed by atoms with Crippen LogP contribution >= 0.6 is 0 Å². The second-order valence-electron chi connectivity index (χ2n) is 6.58. The molecule has 1 amide bonds. The summed E-state index contributed by atoms with van der Waals surface area (Å²) in [4.78, 5) is 12.2. The summed E-state index contributed by atoms with van der Waals surface area (Å²) in [5.41, 5.74) is 1.66. The van der Waals surface area contributed by atoms with Crippen LogP contribution in [0.3, 0.4) is 0 Å². The summed E-state index contributed by atoms with van der Waals surface area (Å²) in [6, 6.07) is 9.95. The van der Waals surface area contributed by atoms with Gasteiger partial charge in [0.25, 0.3) is 5.91 Å². The Morgan fingerprint density at radius 1 is 1.26 bits per heavy atom. The fourth-order valence-corrected chi connectivity index (χ4v) is 2.92. The minimum atomic E-state index is -0.392. The summed E-state index contributed by atoms with van der Waals surface area (Å²) in [7, 11) is 1.58. The molecule has 3 rings (SSSR count). The second-order valence-corrected chi connectivity index (χ2v) is 6.58. The molecule has 1 fully saturated rings. The summed E-state index contributed by atoms with van der Waals surface area (Å²) in [5, 5.41) is 2.79. The van der Waals surface area contributed by atoms with Gasteiger partial charge in [0.1, 0.15) is 12.4 Å². The average Bonchev–Trinajstić information content (AvgIpc) is 3.20. The van der Waals surface area contributed by atoms with Crippen LogP contribution in [-0.4, -0.2) is 32.3 Å². The summed E-state index contributed by atoms with van der Waals surface area (Å²) in [6.07, 6.45) is 2.20. The Morgan fingerprint density at radius 3 is 2.81 bits per heavy atom. The zero-order chi connectivity index (χ0) is 19.2. The number of hydrogen-bond acceptors (Lipinski definition) is 4. The van der Waals surface area contributed by atoms with Gasteiger partial charge >= 0.3 is 0 Å². The monoisotopic (exact) mass is 373 g/mol. The van der Waals surface area contributed by atoms with E-state index in [0.717, 1.165) is 25.0 Å². The molecule has 5 nitrogen and oxygen atoms in total. The molecule has 1 aliphatic heterocycles. The highest BCUT2D eigenvalue weighted by Crippen LogP contribution is 2.29. The van der Waals surface area contributed by atoms with E-state index in [1.165, 1.54) is 6.07 Å². The molecule has 1 N–H and O–H groups in total. The van der Waals surface area contributed by atoms with Crippen LogP contribution in [0.25, 0.3) is 0 Å². The normalized spacial score (nSPS) is 16.2. The molecule has 27 heavy (non-hydrogen) atoms. The van der Waals surface area contributed by atoms with E-state index in [2.05, 4.69) is 5.32 Å². The van der Waals surface area contributed by atoms with Crippen molar-refractivity contribution in [2.45, 2.75) is 32.4 Å². The van der Waals surface area contributed by atoms with Crippen LogP contribution in [0.5, 0.6) is 11.5 Å². The second kappa shape index (κ2) is 8.86. The van der Waals surface area contributed by atoms with Gasteiger partial charge in [-0.1, -0.05) is 12.1 Å². The van der Waals surface area contributed by atoms with E-state index < -0.39 is 5.82 Å². The largest absolute Gasteiger partial charge is 0.493 e. The number of ether oxygens (including phenoxy) is 3. The Bertz CT molecular complexity index is 803. The van der Waals surface area contributed by atoms with Crippen molar-refractivity contribution in [3.8, 4) is 11.5 Å². The molecule has 0 aliphatic carbocycles. The lowest BCUT2D eigenvalue weighted by atomic mass is 10.1. The quantitative estimate of drug-likeness (QED) is 0.805. The first-order chi connectivity index (χ1) is 13.1. The summed E-state index contributed by atoms with van der Waals surface area (Å²) < 4.78 is 30.4. The van der Waals surface area contributed by atoms with E-state index in [9.17, 15) is 9.18 Å². The Morgan fingerprint density at radius 2 is 2.11 bits per heavy atom. The zero-order valence-corrected chi connectivity index (χ0v) is 15.6. The van der Waals surface area contributed by atoms with Crippen LogP contribution in [0.4, 0.5) is 4.39 Å². The first kappa shape index (κ1) is 19.2. The Balaban J connectivity index is 1.59. The van der Waals surface area contributed by atoms with Gasteiger partial charge in [-0.3, -0.25) is 4.79 Å². The third-order valence-electron chi connectivity index (χ3n) is 4.56. The van der Waals surface area contributed by atoms with Gasteiger partial charge in [-0.15, -0.1) is 0 Å². The predicted molar refractivity (Wildman–Crippen MR) is 99.8 cm³/mol. The molecule has 0 bridgehead atoms. The molecule has 0 spiro atoms. The number of aryl methyl sites for hydroxylation is 1. The summed E-state index contributed by atoms with van der Waals surface area (Å²) in [6.45, 7) is 3.24. The number of methoxy groups -OCH3 is 1. The molecule has 1 unspecified atom stereocenters. The maximum atomic E-state index is 13.6. The number of hydrogen-bond donors (Lipinski definition) is 1. The maximum absolute atomic E-state index is 13.6. The third-order valence-corrected chi connectivity index (χ3v) is 4.56. The highest BCUT2D eigenvalue weighted by Gasteiger charge is 2.17. The highest BCUT2D eigenvalue weighted by molar-refractivity contribution is 5.94. The van der Waals surface area contributed by atoms with Crippen molar-refractivity contribution >= 4 is 5.91 Å². The van der Waals surface area contributed by atoms with Crippen molar-refractivity contribution in [3.05, 3.63) is 58.9 Å². The van der Waals surface area contributed by atoms with Crippen LogP contribution in [0.15, 0.2) is 36.4 Å². The van der Waals surface area contributed by atoms with E-state index >= 15 is 0 Å². The van der Waals surface area contributed by atoms with Crippen molar-refractivity contribution in [2.24, 2.45) is 0 Å². The van der Waals surface area contributed by atoms with E-state index in [4.69, 9.17) is 14.2 Å². The number of benzene rings is 2. The minimum absolute atomic E-state index is 0.128. The van der Waals surface area contributed by atoms with Gasteiger partial charge in [0.15, 0.2) is 11.5 Å². The molecule has 0 radical (unpaired) electrons. The van der Waals surface area contributed by atoms with E-state index in [0.29, 0.717) is 35.8 Å². The standard InChI is InChI=1S/C21H24FNO4/c1-14-5-7-16(11-18(14)22)21(24)23-12-15-6-8-19(20(10-15)25-2)27-13-17-4-3-9-26-17/h5-8,10-11,17H,3-4,9,12-13H2,1-2H3,(H,23,24). The lowest BCUT2D eigenvalue weighted by Crippen LogP contribution is -2.23. The molecule has 2 aromatic rings. The van der Waals surface area contributed by atoms with Crippen LogP contribution < -0.4 is 14.8 Å². The van der Waals surface area contributed by atoms with Crippen LogP contribution in [0.2, 0.25) is 0 Å². The SMILES string of the molecule is COc1cc(CNC(=O)c2ccc(C)c(F)c2)ccc1OCC1CCCO1. The first-order valence-electron chi connectivity index (χ1n) is 9.02. The number of carbonyl (C=O) groups is 1. The lowest BCUT2D eigenvalue weighted by molar-refractivity contribution is 0.0669. The first-order valence-corrected chi connectivity index (χ1v) is 9.02. The smallest absolute Gasteiger partial charge is 0.251 e. The van der Waals surface area contributed by atoms with Crippen molar-refractivity contribution in [1.29, 1.82) is 0 Å². The van der Waals surface area contributed by atoms with Gasteiger partial charge < -0.3 is 19.5 Å². The zero-order valence-electron chi connectivity index (χ0n) is 15.6. The van der Waals surface area contributed by atoms with Gasteiger partial charge in [0.2, 0.25) is 0 Å². The Labute approximate surface area is 158 Å². The van der Waals surface area contributed by atoms with Crippen molar-refractivity contribution < 1.29 is 23.4 Å². The van der Waals surface area contributed by atoms with E-state index in [1.54, 1.807) is 26.2 Å². The fourth-order valence-electron chi connectivity index (χ4n) is 2.92. The minimum Gasteiger partial charge on any atom is -0.493 e. The molecule has 2 aromatic carbocycles. The molecule has 1 aliphatic rings. The number of amides is 1. The van der Waals surface area contributed by atoms with E-state index in [1.807, 2.05) is 18.2 Å². The predicted octanol–water partition coefficient (Wildman–Crippen LogP) is 3.63. The number of rotatable bonds is 7. The summed E-state index contributed by atoms with van der Waals surface area (Å²) in [5.74, 6) is 0.522. The molecule has 144 valence electrons. The molecule has 0 saturated carbocycles. The third kappa shape index (κ3) is 4.98. The van der Waals surface area contributed by atoms with E-state index in [-0.39, 0.29) is 12.0 Å². The molecule has 1 heterocycles. The maximum Gasteiger partial charge on any atom is 0.251 e. The molecular formula is C21H24FNO4. The van der Waals surface area contributed by atoms with Gasteiger partial charge in [-0.2, -0.15) is 0 Å². The van der Waals surface area contributed by atoms with Crippen molar-refractivity contribution in [3.63, 3.8) is 0 Å². The Kier molecular flexibility index (Phi) is 6.29. The van der Waals surface area contributed by atoms with Crippen molar-refractivity contribution in [1.82, 2.24) is 5.32 Å². The number of halogens is 1. The van der Waals surface area contributed by atoms with Crippen LogP contribution in [0.1, 0.15) is 34.3 Å².